The van der Waals surface area contributed by atoms with Gasteiger partial charge in [-0.15, -0.1) is 0 Å². The topological polar surface area (TPSA) is 0 Å². The van der Waals surface area contributed by atoms with E-state index < -0.39 is 0 Å². The fourth-order valence-corrected chi connectivity index (χ4v) is 4.01. The van der Waals surface area contributed by atoms with Gasteiger partial charge in [-0.2, -0.15) is 0 Å². The third-order valence-electron chi connectivity index (χ3n) is 5.30. The molecule has 0 heterocycles. The lowest BCUT2D eigenvalue weighted by Crippen LogP contribution is -2.14. The molecule has 2 atom stereocenters. The van der Waals surface area contributed by atoms with Gasteiger partial charge < -0.3 is 0 Å². The Kier molecular flexibility index (Phi) is 7.33. The molecular weight excluding hydrogens is 252 g/mol. The van der Waals surface area contributed by atoms with Crippen molar-refractivity contribution in [3.05, 3.63) is 35.4 Å². The third-order valence-corrected chi connectivity index (χ3v) is 5.30. The zero-order valence-corrected chi connectivity index (χ0v) is 14.2. The van der Waals surface area contributed by atoms with Gasteiger partial charge in [0.05, 0.1) is 0 Å². The van der Waals surface area contributed by atoms with E-state index in [2.05, 4.69) is 38.1 Å². The molecule has 1 aromatic rings. The summed E-state index contributed by atoms with van der Waals surface area (Å²) >= 11 is 0. The Morgan fingerprint density at radius 2 is 1.24 bits per heavy atom. The lowest BCUT2D eigenvalue weighted by molar-refractivity contribution is 0.425. The average Bonchev–Trinajstić information content (AvgIpc) is 2.53. The molecule has 2 unspecified atom stereocenters. The predicted octanol–water partition coefficient (Wildman–Crippen LogP) is 7.20. The maximum atomic E-state index is 2.42. The first-order valence-electron chi connectivity index (χ1n) is 9.45. The molecule has 0 bridgehead atoms. The summed E-state index contributed by atoms with van der Waals surface area (Å²) in [6.07, 6.45) is 15.5. The molecule has 0 radical (unpaired) electrons. The number of fused-ring (bicyclic) bond motifs is 1. The maximum absolute atomic E-state index is 2.42. The minimum absolute atomic E-state index is 0.845. The predicted molar refractivity (Wildman–Crippen MR) is 94.1 cm³/mol. The molecule has 0 aliphatic heterocycles. The van der Waals surface area contributed by atoms with Gasteiger partial charge in [-0.25, -0.2) is 0 Å². The van der Waals surface area contributed by atoms with E-state index in [4.69, 9.17) is 0 Å². The molecule has 0 aromatic heterocycles. The van der Waals surface area contributed by atoms with Crippen LogP contribution in [0, 0.1) is 0 Å². The van der Waals surface area contributed by atoms with Crippen molar-refractivity contribution in [2.24, 2.45) is 0 Å². The summed E-state index contributed by atoms with van der Waals surface area (Å²) in [5.41, 5.74) is 3.39. The second kappa shape index (κ2) is 9.28. The fraction of sp³-hybridized carbons (Fsp3) is 0.714. The molecule has 1 aliphatic rings. The fourth-order valence-electron chi connectivity index (χ4n) is 4.01. The molecule has 118 valence electrons. The molecule has 2 rings (SSSR count). The highest BCUT2D eigenvalue weighted by Crippen LogP contribution is 2.43. The van der Waals surface area contributed by atoms with Crippen molar-refractivity contribution < 1.29 is 0 Å². The minimum Gasteiger partial charge on any atom is -0.0654 e. The normalized spacial score (nSPS) is 21.2. The molecular formula is C21H34. The molecule has 0 nitrogen and oxygen atoms in total. The number of hydrogen-bond acceptors (Lipinski definition) is 0. The van der Waals surface area contributed by atoms with Gasteiger partial charge in [0.2, 0.25) is 0 Å². The first-order valence-corrected chi connectivity index (χ1v) is 9.45. The Morgan fingerprint density at radius 3 is 1.81 bits per heavy atom. The highest BCUT2D eigenvalue weighted by atomic mass is 14.3. The van der Waals surface area contributed by atoms with E-state index in [9.17, 15) is 0 Å². The van der Waals surface area contributed by atoms with E-state index in [0.717, 1.165) is 11.8 Å². The Balaban J connectivity index is 1.92. The quantitative estimate of drug-likeness (QED) is 0.421. The summed E-state index contributed by atoms with van der Waals surface area (Å²) in [5.74, 6) is 1.69. The summed E-state index contributed by atoms with van der Waals surface area (Å²) in [5, 5.41) is 0. The zero-order chi connectivity index (χ0) is 14.9. The van der Waals surface area contributed by atoms with Gasteiger partial charge in [-0.1, -0.05) is 83.1 Å². The van der Waals surface area contributed by atoms with Gasteiger partial charge in [0.25, 0.3) is 0 Å². The molecule has 1 aromatic carbocycles. The lowest BCUT2D eigenvalue weighted by atomic mass is 9.73. The summed E-state index contributed by atoms with van der Waals surface area (Å²) in [7, 11) is 0. The number of unbranched alkanes of at least 4 members (excludes halogenated alkanes) is 5. The average molecular weight is 287 g/mol. The second-order valence-corrected chi connectivity index (χ2v) is 6.95. The molecule has 1 aliphatic carbocycles. The van der Waals surface area contributed by atoms with E-state index in [0.29, 0.717) is 0 Å². The minimum atomic E-state index is 0.845. The number of rotatable bonds is 9. The molecule has 21 heavy (non-hydrogen) atoms. The SMILES string of the molecule is CCCCCCCC1CCC(CCCC)c2ccccc21. The van der Waals surface area contributed by atoms with E-state index in [1.165, 1.54) is 70.6 Å². The van der Waals surface area contributed by atoms with Crippen LogP contribution in [0.1, 0.15) is 107 Å². The van der Waals surface area contributed by atoms with Gasteiger partial charge in [-0.3, -0.25) is 0 Å². The van der Waals surface area contributed by atoms with Crippen LogP contribution in [0.2, 0.25) is 0 Å². The third kappa shape index (κ3) is 4.87. The molecule has 0 amide bonds. The molecule has 0 N–H and O–H groups in total. The number of benzene rings is 1. The van der Waals surface area contributed by atoms with Crippen molar-refractivity contribution in [3.8, 4) is 0 Å². The highest BCUT2D eigenvalue weighted by molar-refractivity contribution is 5.35. The van der Waals surface area contributed by atoms with Crippen LogP contribution < -0.4 is 0 Å². The molecule has 0 spiro atoms. The van der Waals surface area contributed by atoms with E-state index >= 15 is 0 Å². The van der Waals surface area contributed by atoms with Crippen LogP contribution in [0.5, 0.6) is 0 Å². The van der Waals surface area contributed by atoms with Crippen LogP contribution in [0.4, 0.5) is 0 Å². The lowest BCUT2D eigenvalue weighted by Gasteiger charge is -2.32. The standard InChI is InChI=1S/C21H34/c1-3-5-7-8-9-13-19-17-16-18(12-6-4-2)20-14-10-11-15-21(19)20/h10-11,14-15,18-19H,3-9,12-13,16-17H2,1-2H3. The Hall–Kier alpha value is -0.780. The second-order valence-electron chi connectivity index (χ2n) is 6.95. The van der Waals surface area contributed by atoms with Crippen LogP contribution in [-0.2, 0) is 0 Å². The van der Waals surface area contributed by atoms with Gasteiger partial charge in [-0.05, 0) is 48.6 Å². The molecule has 0 saturated carbocycles. The van der Waals surface area contributed by atoms with Gasteiger partial charge in [0, 0.05) is 0 Å². The van der Waals surface area contributed by atoms with Crippen LogP contribution in [0.3, 0.4) is 0 Å². The Morgan fingerprint density at radius 1 is 0.714 bits per heavy atom. The smallest absolute Gasteiger partial charge is 0.0159 e. The van der Waals surface area contributed by atoms with E-state index in [1.807, 2.05) is 0 Å². The van der Waals surface area contributed by atoms with E-state index in [-0.39, 0.29) is 0 Å². The largest absolute Gasteiger partial charge is 0.0654 e. The van der Waals surface area contributed by atoms with Crippen molar-refractivity contribution >= 4 is 0 Å². The van der Waals surface area contributed by atoms with Crippen LogP contribution in [0.15, 0.2) is 24.3 Å². The highest BCUT2D eigenvalue weighted by Gasteiger charge is 2.25. The monoisotopic (exact) mass is 286 g/mol. The Bertz CT molecular complexity index is 393. The summed E-state index contributed by atoms with van der Waals surface area (Å²) in [6, 6.07) is 9.34. The maximum Gasteiger partial charge on any atom is -0.0159 e. The summed E-state index contributed by atoms with van der Waals surface area (Å²) in [6.45, 7) is 4.61. The summed E-state index contributed by atoms with van der Waals surface area (Å²) < 4.78 is 0. The molecule has 0 fully saturated rings. The van der Waals surface area contributed by atoms with Crippen LogP contribution >= 0.6 is 0 Å². The first kappa shape index (κ1) is 16.6. The van der Waals surface area contributed by atoms with Crippen molar-refractivity contribution in [3.63, 3.8) is 0 Å². The summed E-state index contributed by atoms with van der Waals surface area (Å²) in [4.78, 5) is 0. The van der Waals surface area contributed by atoms with Crippen molar-refractivity contribution in [1.29, 1.82) is 0 Å². The van der Waals surface area contributed by atoms with Gasteiger partial charge in [0.15, 0.2) is 0 Å². The first-order chi connectivity index (χ1) is 10.4. The molecule has 0 saturated heterocycles. The van der Waals surface area contributed by atoms with Gasteiger partial charge >= 0.3 is 0 Å². The van der Waals surface area contributed by atoms with E-state index in [1.54, 1.807) is 11.1 Å². The molecule has 0 heteroatoms. The zero-order valence-electron chi connectivity index (χ0n) is 14.2. The van der Waals surface area contributed by atoms with Crippen LogP contribution in [0.25, 0.3) is 0 Å². The Labute approximate surface area is 132 Å². The van der Waals surface area contributed by atoms with Crippen molar-refractivity contribution in [2.75, 3.05) is 0 Å². The van der Waals surface area contributed by atoms with Crippen LogP contribution in [-0.4, -0.2) is 0 Å². The van der Waals surface area contributed by atoms with Crippen molar-refractivity contribution in [1.82, 2.24) is 0 Å². The van der Waals surface area contributed by atoms with Crippen molar-refractivity contribution in [2.45, 2.75) is 96.3 Å². The van der Waals surface area contributed by atoms with Gasteiger partial charge in [0.1, 0.15) is 0 Å². The number of hydrogen-bond donors (Lipinski definition) is 0.